The van der Waals surface area contributed by atoms with Gasteiger partial charge in [0.25, 0.3) is 5.91 Å². The Morgan fingerprint density at radius 2 is 1.84 bits per heavy atom. The third-order valence-corrected chi connectivity index (χ3v) is 6.49. The van der Waals surface area contributed by atoms with Crippen molar-refractivity contribution in [2.45, 2.75) is 26.4 Å². The average Bonchev–Trinajstić information content (AvgIpc) is 3.63. The van der Waals surface area contributed by atoms with Crippen LogP contribution in [0, 0.1) is 5.82 Å². The zero-order valence-corrected chi connectivity index (χ0v) is 20.6. The molecule has 190 valence electrons. The van der Waals surface area contributed by atoms with Crippen molar-refractivity contribution in [1.82, 2.24) is 20.1 Å². The van der Waals surface area contributed by atoms with E-state index in [-0.39, 0.29) is 17.6 Å². The average molecular weight is 511 g/mol. The lowest BCUT2D eigenvalue weighted by molar-refractivity contribution is 0.0965. The maximum atomic E-state index is 15.1. The first-order valence-corrected chi connectivity index (χ1v) is 12.1. The molecule has 5 aromatic rings. The third-order valence-electron chi connectivity index (χ3n) is 6.49. The van der Waals surface area contributed by atoms with Crippen molar-refractivity contribution in [3.63, 3.8) is 0 Å². The monoisotopic (exact) mass is 510 g/mol. The number of carbonyl (C=O) groups excluding carboxylic acids is 2. The quantitative estimate of drug-likeness (QED) is 0.270. The molecule has 0 aliphatic carbocycles. The van der Waals surface area contributed by atoms with Gasteiger partial charge in [-0.25, -0.2) is 14.2 Å². The van der Waals surface area contributed by atoms with Gasteiger partial charge in [0.2, 0.25) is 0 Å². The van der Waals surface area contributed by atoms with Crippen LogP contribution in [0.5, 0.6) is 0 Å². The number of hydrogen-bond acceptors (Lipinski definition) is 5. The van der Waals surface area contributed by atoms with Crippen molar-refractivity contribution >= 4 is 34.4 Å². The Morgan fingerprint density at radius 1 is 1.05 bits per heavy atom. The first-order chi connectivity index (χ1) is 18.4. The number of aromatic nitrogens is 3. The second-order valence-corrected chi connectivity index (χ2v) is 9.29. The molecule has 3 aromatic carbocycles. The van der Waals surface area contributed by atoms with E-state index in [1.165, 1.54) is 18.5 Å². The molecule has 0 atom stereocenters. The predicted octanol–water partition coefficient (Wildman–Crippen LogP) is 5.97. The first-order valence-electron chi connectivity index (χ1n) is 12.1. The molecule has 3 heterocycles. The van der Waals surface area contributed by atoms with E-state index in [2.05, 4.69) is 26.0 Å². The second kappa shape index (κ2) is 9.15. The first kappa shape index (κ1) is 23.4. The standard InChI is InChI=1S/C28H23FN6O3/c1-15(2)35-13-24(26(34-35)17-7-9-25-23(11-17)31-14-38-25)33-28(37)32-22-8-6-16(10-21(22)29)18-4-3-5-19-20(18)12-30-27(19)36/h3-11,13-15H,12H2,1-2H3,(H,30,36)(H2,32,33,37). The summed E-state index contributed by atoms with van der Waals surface area (Å²) in [6.07, 6.45) is 3.10. The number of fused-ring (bicyclic) bond motifs is 2. The van der Waals surface area contributed by atoms with Gasteiger partial charge in [-0.3, -0.25) is 9.48 Å². The third kappa shape index (κ3) is 4.15. The second-order valence-electron chi connectivity index (χ2n) is 9.29. The maximum absolute atomic E-state index is 15.1. The fraction of sp³-hybridized carbons (Fsp3) is 0.143. The molecule has 10 heteroatoms. The molecule has 6 rings (SSSR count). The van der Waals surface area contributed by atoms with Gasteiger partial charge in [-0.05, 0) is 66.9 Å². The molecule has 1 aliphatic heterocycles. The van der Waals surface area contributed by atoms with Gasteiger partial charge in [0.05, 0.1) is 11.4 Å². The molecular weight excluding hydrogens is 487 g/mol. The van der Waals surface area contributed by atoms with Gasteiger partial charge in [-0.15, -0.1) is 0 Å². The number of nitrogens with zero attached hydrogens (tertiary/aromatic N) is 3. The fourth-order valence-electron chi connectivity index (χ4n) is 4.55. The van der Waals surface area contributed by atoms with Gasteiger partial charge < -0.3 is 20.4 Å². The molecule has 0 spiro atoms. The molecule has 3 N–H and O–H groups in total. The van der Waals surface area contributed by atoms with E-state index >= 15 is 4.39 Å². The summed E-state index contributed by atoms with van der Waals surface area (Å²) in [5, 5.41) is 12.8. The van der Waals surface area contributed by atoms with E-state index in [4.69, 9.17) is 4.42 Å². The summed E-state index contributed by atoms with van der Waals surface area (Å²) in [5.41, 5.74) is 5.91. The highest BCUT2D eigenvalue weighted by atomic mass is 19.1. The van der Waals surface area contributed by atoms with E-state index in [0.717, 1.165) is 16.7 Å². The molecule has 0 saturated heterocycles. The van der Waals surface area contributed by atoms with Crippen LogP contribution in [0.15, 0.2) is 71.6 Å². The van der Waals surface area contributed by atoms with E-state index in [1.807, 2.05) is 32.0 Å². The van der Waals surface area contributed by atoms with Crippen molar-refractivity contribution in [2.75, 3.05) is 10.6 Å². The molecule has 0 fully saturated rings. The summed E-state index contributed by atoms with van der Waals surface area (Å²) < 4.78 is 22.1. The van der Waals surface area contributed by atoms with Crippen molar-refractivity contribution in [2.24, 2.45) is 0 Å². The summed E-state index contributed by atoms with van der Waals surface area (Å²) in [4.78, 5) is 29.1. The molecule has 0 saturated carbocycles. The highest BCUT2D eigenvalue weighted by molar-refractivity contribution is 6.03. The zero-order chi connectivity index (χ0) is 26.4. The Balaban J connectivity index is 1.25. The fourth-order valence-corrected chi connectivity index (χ4v) is 4.55. The molecule has 0 bridgehead atoms. The van der Waals surface area contributed by atoms with Gasteiger partial charge in [0, 0.05) is 29.9 Å². The van der Waals surface area contributed by atoms with Crippen LogP contribution in [-0.2, 0) is 6.54 Å². The lowest BCUT2D eigenvalue weighted by Crippen LogP contribution is -2.20. The van der Waals surface area contributed by atoms with E-state index in [9.17, 15) is 9.59 Å². The summed E-state index contributed by atoms with van der Waals surface area (Å²) in [5.74, 6) is -0.736. The Bertz CT molecular complexity index is 1720. The SMILES string of the molecule is CC(C)n1cc(NC(=O)Nc2ccc(-c3cccc4c3CNC4=O)cc2F)c(-c2ccc3ocnc3c2)n1. The molecule has 9 nitrogen and oxygen atoms in total. The van der Waals surface area contributed by atoms with Crippen molar-refractivity contribution in [1.29, 1.82) is 0 Å². The predicted molar refractivity (Wildman–Crippen MR) is 141 cm³/mol. The Morgan fingerprint density at radius 3 is 2.66 bits per heavy atom. The number of benzene rings is 3. The highest BCUT2D eigenvalue weighted by Crippen LogP contribution is 2.32. The molecule has 2 aromatic heterocycles. The van der Waals surface area contributed by atoms with Crippen LogP contribution in [0.1, 0.15) is 35.8 Å². The lowest BCUT2D eigenvalue weighted by Gasteiger charge is -2.11. The van der Waals surface area contributed by atoms with Crippen LogP contribution in [0.2, 0.25) is 0 Å². The van der Waals surface area contributed by atoms with E-state index in [1.54, 1.807) is 35.1 Å². The Kier molecular flexibility index (Phi) is 5.64. The minimum atomic E-state index is -0.612. The normalized spacial score (nSPS) is 12.6. The number of hydrogen-bond donors (Lipinski definition) is 3. The van der Waals surface area contributed by atoms with Crippen LogP contribution < -0.4 is 16.0 Å². The Labute approximate surface area is 216 Å². The Hall–Kier alpha value is -4.99. The van der Waals surface area contributed by atoms with Gasteiger partial charge in [0.1, 0.15) is 17.0 Å². The zero-order valence-electron chi connectivity index (χ0n) is 20.6. The number of anilines is 2. The summed E-state index contributed by atoms with van der Waals surface area (Å²) in [7, 11) is 0. The number of halogens is 1. The molecule has 38 heavy (non-hydrogen) atoms. The van der Waals surface area contributed by atoms with Crippen molar-refractivity contribution in [3.8, 4) is 22.4 Å². The summed E-state index contributed by atoms with van der Waals surface area (Å²) >= 11 is 0. The largest absolute Gasteiger partial charge is 0.443 e. The minimum absolute atomic E-state index is 0.0230. The van der Waals surface area contributed by atoms with Gasteiger partial charge >= 0.3 is 6.03 Å². The minimum Gasteiger partial charge on any atom is -0.443 e. The van der Waals surface area contributed by atoms with E-state index in [0.29, 0.717) is 40.2 Å². The van der Waals surface area contributed by atoms with Gasteiger partial charge in [-0.1, -0.05) is 18.2 Å². The van der Waals surface area contributed by atoms with Gasteiger partial charge in [-0.2, -0.15) is 5.10 Å². The van der Waals surface area contributed by atoms with Crippen LogP contribution >= 0.6 is 0 Å². The number of carbonyl (C=O) groups is 2. The smallest absolute Gasteiger partial charge is 0.323 e. The van der Waals surface area contributed by atoms with Crippen LogP contribution in [0.4, 0.5) is 20.6 Å². The van der Waals surface area contributed by atoms with Crippen molar-refractivity contribution < 1.29 is 18.4 Å². The van der Waals surface area contributed by atoms with E-state index < -0.39 is 11.8 Å². The number of rotatable bonds is 5. The number of amides is 3. The maximum Gasteiger partial charge on any atom is 0.323 e. The van der Waals surface area contributed by atoms with Crippen LogP contribution in [-0.4, -0.2) is 26.7 Å². The van der Waals surface area contributed by atoms with Crippen LogP contribution in [0.25, 0.3) is 33.5 Å². The summed E-state index contributed by atoms with van der Waals surface area (Å²) in [6.45, 7) is 4.35. The molecular formula is C28H23FN6O3. The van der Waals surface area contributed by atoms with Gasteiger partial charge in [0.15, 0.2) is 12.0 Å². The topological polar surface area (TPSA) is 114 Å². The number of urea groups is 1. The molecule has 1 aliphatic rings. The molecule has 0 unspecified atom stereocenters. The molecule has 3 amide bonds. The van der Waals surface area contributed by atoms with Crippen LogP contribution in [0.3, 0.4) is 0 Å². The number of oxazole rings is 1. The molecule has 0 radical (unpaired) electrons. The lowest BCUT2D eigenvalue weighted by atomic mass is 9.96. The number of nitrogens with one attached hydrogen (secondary N) is 3. The van der Waals surface area contributed by atoms with Crippen molar-refractivity contribution in [3.05, 3.63) is 84.1 Å². The summed E-state index contributed by atoms with van der Waals surface area (Å²) in [6, 6.07) is 14.8. The highest BCUT2D eigenvalue weighted by Gasteiger charge is 2.22.